The van der Waals surface area contributed by atoms with Crippen molar-refractivity contribution in [3.8, 4) is 0 Å². The summed E-state index contributed by atoms with van der Waals surface area (Å²) in [6.07, 6.45) is 9.43. The molecule has 0 radical (unpaired) electrons. The smallest absolute Gasteiger partial charge is 0.434 e. The van der Waals surface area contributed by atoms with Gasteiger partial charge in [0.1, 0.15) is 6.10 Å². The highest BCUT2D eigenvalue weighted by atomic mass is 16.9. The van der Waals surface area contributed by atoms with Crippen LogP contribution >= 0.6 is 0 Å². The van der Waals surface area contributed by atoms with Crippen molar-refractivity contribution < 1.29 is 39.2 Å². The fourth-order valence-corrected chi connectivity index (χ4v) is 4.80. The van der Waals surface area contributed by atoms with Gasteiger partial charge in [-0.25, -0.2) is 4.79 Å². The number of aliphatic hydroxyl groups excluding tert-OH is 2. The molecule has 1 amide bonds. The number of hydrogen-bond acceptors (Lipinski definition) is 9. The Labute approximate surface area is 241 Å². The van der Waals surface area contributed by atoms with Crippen LogP contribution in [-0.4, -0.2) is 65.4 Å². The molecule has 0 aliphatic heterocycles. The van der Waals surface area contributed by atoms with Crippen LogP contribution < -0.4 is 5.32 Å². The first-order valence-corrected chi connectivity index (χ1v) is 14.4. The molecule has 1 aliphatic carbocycles. The summed E-state index contributed by atoms with van der Waals surface area (Å²) in [4.78, 5) is 38.3. The minimum atomic E-state index is -0.864. The molecule has 11 nitrogen and oxygen atoms in total. The first-order valence-electron chi connectivity index (χ1n) is 14.4. The van der Waals surface area contributed by atoms with Gasteiger partial charge in [-0.05, 0) is 69.4 Å². The van der Waals surface area contributed by atoms with Gasteiger partial charge in [0.05, 0.1) is 25.4 Å². The van der Waals surface area contributed by atoms with Gasteiger partial charge in [-0.2, -0.15) is 0 Å². The Hall–Kier alpha value is -3.44. The number of carbonyl (C=O) groups is 2. The Morgan fingerprint density at radius 3 is 2.61 bits per heavy atom. The van der Waals surface area contributed by atoms with Gasteiger partial charge in [-0.1, -0.05) is 48.6 Å². The number of aliphatic hydroxyl groups is 2. The van der Waals surface area contributed by atoms with Crippen molar-refractivity contribution in [2.75, 3.05) is 19.8 Å². The van der Waals surface area contributed by atoms with Crippen LogP contribution in [0.1, 0.15) is 63.9 Å². The maximum absolute atomic E-state index is 12.3. The van der Waals surface area contributed by atoms with Gasteiger partial charge >= 0.3 is 6.16 Å². The zero-order chi connectivity index (χ0) is 29.9. The topological polar surface area (TPSA) is 157 Å². The Morgan fingerprint density at radius 1 is 1.12 bits per heavy atom. The highest BCUT2D eigenvalue weighted by Crippen LogP contribution is 2.36. The number of rotatable bonds is 19. The van der Waals surface area contributed by atoms with Crippen LogP contribution in [0, 0.1) is 22.0 Å². The molecule has 3 N–H and O–H groups in total. The van der Waals surface area contributed by atoms with E-state index in [4.69, 9.17) is 9.47 Å². The third kappa shape index (κ3) is 14.1. The number of unbranched alkanes of at least 4 members (excludes halogenated alkanes) is 2. The number of carbonyl (C=O) groups excluding carboxylic acids is 2. The zero-order valence-corrected chi connectivity index (χ0v) is 23.8. The van der Waals surface area contributed by atoms with E-state index in [1.165, 1.54) is 0 Å². The van der Waals surface area contributed by atoms with Gasteiger partial charge in [-0.3, -0.25) is 4.79 Å². The first kappa shape index (κ1) is 33.8. The Morgan fingerprint density at radius 2 is 1.88 bits per heavy atom. The van der Waals surface area contributed by atoms with E-state index in [2.05, 4.69) is 10.2 Å². The van der Waals surface area contributed by atoms with Crippen LogP contribution in [0.4, 0.5) is 4.79 Å². The maximum atomic E-state index is 12.3. The second kappa shape index (κ2) is 19.6. The lowest BCUT2D eigenvalue weighted by Crippen LogP contribution is -2.22. The average molecular weight is 577 g/mol. The highest BCUT2D eigenvalue weighted by molar-refractivity contribution is 5.75. The van der Waals surface area contributed by atoms with Crippen LogP contribution in [0.3, 0.4) is 0 Å². The van der Waals surface area contributed by atoms with Crippen LogP contribution in [0.15, 0.2) is 54.6 Å². The molecule has 2 rings (SSSR count). The van der Waals surface area contributed by atoms with Crippen LogP contribution in [-0.2, 0) is 25.5 Å². The van der Waals surface area contributed by atoms with Gasteiger partial charge in [0.25, 0.3) is 5.09 Å². The molecule has 1 aromatic carbocycles. The number of amides is 1. The number of nitrogens with zero attached hydrogens (tertiary/aromatic N) is 1. The van der Waals surface area contributed by atoms with Crippen molar-refractivity contribution in [2.45, 2.75) is 83.0 Å². The summed E-state index contributed by atoms with van der Waals surface area (Å²) in [6, 6.07) is 9.78. The fraction of sp³-hybridized carbons (Fsp3) is 0.600. The molecule has 0 unspecified atom stereocenters. The number of aryl methyl sites for hydroxylation is 1. The van der Waals surface area contributed by atoms with Crippen LogP contribution in [0.5, 0.6) is 0 Å². The predicted octanol–water partition coefficient (Wildman–Crippen LogP) is 4.30. The SMILES string of the molecule is CCNC(=O)CCC/C=C/C[C@@H]1[C@@H](/C=C/[C@H](CCc2ccccc2)OC(=O)OCCCCO[N+](=O)[O-])[C@@H](O)C[C@@H]1O. The molecule has 0 aromatic heterocycles. The Bertz CT molecular complexity index is 970. The van der Waals surface area contributed by atoms with E-state index in [-0.39, 0.29) is 37.4 Å². The molecule has 1 saturated carbocycles. The van der Waals surface area contributed by atoms with E-state index in [0.29, 0.717) is 45.1 Å². The van der Waals surface area contributed by atoms with Crippen molar-refractivity contribution in [1.82, 2.24) is 5.32 Å². The zero-order valence-electron chi connectivity index (χ0n) is 23.8. The normalized spacial score (nSPS) is 21.1. The molecule has 0 heterocycles. The van der Waals surface area contributed by atoms with Gasteiger partial charge in [0.15, 0.2) is 0 Å². The first-order chi connectivity index (χ1) is 19.8. The molecular weight excluding hydrogens is 532 g/mol. The van der Waals surface area contributed by atoms with Crippen molar-refractivity contribution in [1.29, 1.82) is 0 Å². The standard InChI is InChI=1S/C30H44N2O9/c1-2-31-29(35)15-9-4-3-8-14-25-26(28(34)22-27(25)33)19-18-24(17-16-23-12-6-5-7-13-23)41-30(36)39-20-10-11-21-40-32(37)38/h3,5-8,12-13,18-19,24-28,33-34H,2,4,9-11,14-17,20-22H2,1H3,(H,31,35)/b8-3+,19-18+/t24-,25+,26+,27-,28-/m0/s1. The molecule has 41 heavy (non-hydrogen) atoms. The number of allylic oxidation sites excluding steroid dienone is 2. The van der Waals surface area contributed by atoms with Crippen molar-refractivity contribution in [3.63, 3.8) is 0 Å². The minimum Gasteiger partial charge on any atom is -0.434 e. The van der Waals surface area contributed by atoms with Crippen molar-refractivity contribution >= 4 is 12.1 Å². The fourth-order valence-electron chi connectivity index (χ4n) is 4.80. The molecule has 1 aliphatic rings. The minimum absolute atomic E-state index is 0.0376. The maximum Gasteiger partial charge on any atom is 0.508 e. The Balaban J connectivity index is 1.93. The van der Waals surface area contributed by atoms with E-state index < -0.39 is 29.6 Å². The molecule has 11 heteroatoms. The summed E-state index contributed by atoms with van der Waals surface area (Å²) in [6.45, 7) is 2.47. The summed E-state index contributed by atoms with van der Waals surface area (Å²) >= 11 is 0. The van der Waals surface area contributed by atoms with Crippen LogP contribution in [0.25, 0.3) is 0 Å². The summed E-state index contributed by atoms with van der Waals surface area (Å²) in [5, 5.41) is 33.3. The van der Waals surface area contributed by atoms with Crippen molar-refractivity contribution in [2.24, 2.45) is 11.8 Å². The molecule has 0 saturated heterocycles. The highest BCUT2D eigenvalue weighted by Gasteiger charge is 2.39. The quantitative estimate of drug-likeness (QED) is 0.0718. The third-order valence-corrected chi connectivity index (χ3v) is 6.95. The van der Waals surface area contributed by atoms with E-state index in [1.54, 1.807) is 6.08 Å². The summed E-state index contributed by atoms with van der Waals surface area (Å²) in [5.74, 6) is -0.468. The number of ether oxygens (including phenoxy) is 2. The number of benzene rings is 1. The summed E-state index contributed by atoms with van der Waals surface area (Å²) in [7, 11) is 0. The second-order valence-corrected chi connectivity index (χ2v) is 10.1. The third-order valence-electron chi connectivity index (χ3n) is 6.95. The lowest BCUT2D eigenvalue weighted by Gasteiger charge is -2.20. The molecule has 228 valence electrons. The molecule has 0 bridgehead atoms. The molecule has 5 atom stereocenters. The second-order valence-electron chi connectivity index (χ2n) is 10.1. The van der Waals surface area contributed by atoms with Gasteiger partial charge in [0.2, 0.25) is 5.91 Å². The Kier molecular flexibility index (Phi) is 16.1. The van der Waals surface area contributed by atoms with E-state index in [9.17, 15) is 29.9 Å². The van der Waals surface area contributed by atoms with Crippen molar-refractivity contribution in [3.05, 3.63) is 70.3 Å². The van der Waals surface area contributed by atoms with E-state index in [0.717, 1.165) is 18.4 Å². The summed E-state index contributed by atoms with van der Waals surface area (Å²) < 4.78 is 10.7. The van der Waals surface area contributed by atoms with Crippen LogP contribution in [0.2, 0.25) is 0 Å². The molecule has 1 fully saturated rings. The number of hydrogen-bond donors (Lipinski definition) is 3. The lowest BCUT2D eigenvalue weighted by molar-refractivity contribution is -0.757. The van der Waals surface area contributed by atoms with E-state index in [1.807, 2.05) is 55.5 Å². The largest absolute Gasteiger partial charge is 0.508 e. The van der Waals surface area contributed by atoms with Gasteiger partial charge in [0, 0.05) is 25.3 Å². The van der Waals surface area contributed by atoms with E-state index >= 15 is 0 Å². The molecule has 0 spiro atoms. The predicted molar refractivity (Wildman–Crippen MR) is 152 cm³/mol. The molecular formula is C30H44N2O9. The van der Waals surface area contributed by atoms with Gasteiger partial charge < -0.3 is 29.8 Å². The number of nitrogens with one attached hydrogen (secondary N) is 1. The lowest BCUT2D eigenvalue weighted by atomic mass is 9.89. The summed E-state index contributed by atoms with van der Waals surface area (Å²) in [5.41, 5.74) is 1.08. The molecule has 1 aromatic rings. The monoisotopic (exact) mass is 576 g/mol. The van der Waals surface area contributed by atoms with Gasteiger partial charge in [-0.15, -0.1) is 10.1 Å². The average Bonchev–Trinajstić information content (AvgIpc) is 3.21.